The molecule has 0 radical (unpaired) electrons. The van der Waals surface area contributed by atoms with Crippen molar-refractivity contribution in [2.24, 2.45) is 0 Å². The van der Waals surface area contributed by atoms with Crippen LogP contribution in [0.25, 0.3) is 0 Å². The van der Waals surface area contributed by atoms with E-state index in [9.17, 15) is 13.2 Å². The van der Waals surface area contributed by atoms with E-state index in [0.29, 0.717) is 24.4 Å². The molecule has 0 N–H and O–H groups in total. The number of carbonyl (C=O) groups is 1. The smallest absolute Gasteiger partial charge is 0.245 e. The van der Waals surface area contributed by atoms with Gasteiger partial charge >= 0.3 is 0 Å². The van der Waals surface area contributed by atoms with Gasteiger partial charge in [-0.2, -0.15) is 4.31 Å². The Morgan fingerprint density at radius 1 is 1.11 bits per heavy atom. The van der Waals surface area contributed by atoms with Crippen molar-refractivity contribution in [3.63, 3.8) is 0 Å². The summed E-state index contributed by atoms with van der Waals surface area (Å²) in [5, 5.41) is 0.477. The molecule has 0 aliphatic carbocycles. The second-order valence-corrected chi connectivity index (χ2v) is 9.44. The number of rotatable bonds is 3. The van der Waals surface area contributed by atoms with Crippen LogP contribution in [0.15, 0.2) is 53.4 Å². The Hall–Kier alpha value is -1.89. The number of carbonyl (C=O) groups excluding carboxylic acids is 1. The van der Waals surface area contributed by atoms with Gasteiger partial charge in [-0.05, 0) is 62.1 Å². The van der Waals surface area contributed by atoms with Crippen molar-refractivity contribution < 1.29 is 13.2 Å². The molecule has 0 bridgehead atoms. The molecular weight excluding hydrogens is 384 g/mol. The van der Waals surface area contributed by atoms with Gasteiger partial charge in [0.05, 0.1) is 4.90 Å². The van der Waals surface area contributed by atoms with Crippen molar-refractivity contribution in [3.05, 3.63) is 59.1 Å². The Bertz CT molecular complexity index is 975. The van der Waals surface area contributed by atoms with E-state index in [-0.39, 0.29) is 16.8 Å². The maximum absolute atomic E-state index is 13.4. The second kappa shape index (κ2) is 6.93. The van der Waals surface area contributed by atoms with E-state index in [1.165, 1.54) is 16.4 Å². The van der Waals surface area contributed by atoms with Gasteiger partial charge in [0.1, 0.15) is 6.04 Å². The minimum atomic E-state index is -3.75. The molecule has 7 heteroatoms. The monoisotopic (exact) mass is 404 g/mol. The molecular formula is C20H21ClN2O3S. The van der Waals surface area contributed by atoms with Crippen LogP contribution in [-0.4, -0.2) is 37.3 Å². The Morgan fingerprint density at radius 3 is 2.56 bits per heavy atom. The molecule has 2 aromatic rings. The number of nitrogens with zero attached hydrogens (tertiary/aromatic N) is 2. The second-order valence-electron chi connectivity index (χ2n) is 7.12. The van der Waals surface area contributed by atoms with Crippen molar-refractivity contribution in [2.75, 3.05) is 11.4 Å². The lowest BCUT2D eigenvalue weighted by molar-refractivity contribution is -0.121. The van der Waals surface area contributed by atoms with E-state index >= 15 is 0 Å². The molecule has 4 rings (SSSR count). The van der Waals surface area contributed by atoms with Gasteiger partial charge in [-0.15, -0.1) is 0 Å². The van der Waals surface area contributed by atoms with E-state index < -0.39 is 16.1 Å². The van der Waals surface area contributed by atoms with E-state index in [4.69, 9.17) is 11.6 Å². The fraction of sp³-hybridized carbons (Fsp3) is 0.350. The molecule has 2 heterocycles. The summed E-state index contributed by atoms with van der Waals surface area (Å²) in [6.45, 7) is 2.36. The van der Waals surface area contributed by atoms with Gasteiger partial charge in [0.25, 0.3) is 0 Å². The summed E-state index contributed by atoms with van der Waals surface area (Å²) in [6, 6.07) is 13.3. The first kappa shape index (κ1) is 18.5. The van der Waals surface area contributed by atoms with Gasteiger partial charge in [0.2, 0.25) is 15.9 Å². The lowest BCUT2D eigenvalue weighted by Gasteiger charge is -2.30. The predicted octanol–water partition coefficient (Wildman–Crippen LogP) is 3.47. The van der Waals surface area contributed by atoms with Gasteiger partial charge in [-0.25, -0.2) is 8.42 Å². The lowest BCUT2D eigenvalue weighted by atomic mass is 10.1. The molecule has 142 valence electrons. The molecule has 2 aliphatic heterocycles. The van der Waals surface area contributed by atoms with Crippen LogP contribution < -0.4 is 4.90 Å². The van der Waals surface area contributed by atoms with E-state index in [1.54, 1.807) is 17.0 Å². The molecule has 5 nitrogen and oxygen atoms in total. The first-order valence-corrected chi connectivity index (χ1v) is 10.9. The first-order valence-electron chi connectivity index (χ1n) is 9.08. The predicted molar refractivity (Wildman–Crippen MR) is 105 cm³/mol. The molecule has 0 aromatic heterocycles. The third-order valence-corrected chi connectivity index (χ3v) is 7.53. The van der Waals surface area contributed by atoms with Gasteiger partial charge in [0, 0.05) is 23.3 Å². The quantitative estimate of drug-likeness (QED) is 0.787. The number of hydrogen-bond donors (Lipinski definition) is 0. The zero-order chi connectivity index (χ0) is 19.2. The minimum Gasteiger partial charge on any atom is -0.308 e. The standard InChI is InChI=1S/C20H21ClN2O3S/c1-14-13-15-5-2-3-6-18(15)23(14)20(24)19-7-4-12-22(19)27(25,26)17-10-8-16(21)9-11-17/h2-3,5-6,8-11,14,19H,4,7,12-13H2,1H3/t14-,19-/m1/s1. The summed E-state index contributed by atoms with van der Waals surface area (Å²) < 4.78 is 27.6. The van der Waals surface area contributed by atoms with Crippen molar-refractivity contribution in [1.29, 1.82) is 0 Å². The zero-order valence-corrected chi connectivity index (χ0v) is 16.6. The van der Waals surface area contributed by atoms with Gasteiger partial charge < -0.3 is 4.90 Å². The van der Waals surface area contributed by atoms with Gasteiger partial charge in [-0.1, -0.05) is 29.8 Å². The van der Waals surface area contributed by atoms with Crippen LogP contribution >= 0.6 is 11.6 Å². The number of para-hydroxylation sites is 1. The molecule has 1 saturated heterocycles. The molecule has 27 heavy (non-hydrogen) atoms. The lowest BCUT2D eigenvalue weighted by Crippen LogP contribution is -2.49. The van der Waals surface area contributed by atoms with Crippen molar-refractivity contribution in [2.45, 2.75) is 43.2 Å². The maximum atomic E-state index is 13.4. The summed E-state index contributed by atoms with van der Waals surface area (Å²) >= 11 is 5.88. The first-order chi connectivity index (χ1) is 12.9. The highest BCUT2D eigenvalue weighted by molar-refractivity contribution is 7.89. The summed E-state index contributed by atoms with van der Waals surface area (Å²) in [5.74, 6) is -0.137. The van der Waals surface area contributed by atoms with E-state index in [2.05, 4.69) is 0 Å². The van der Waals surface area contributed by atoms with Gasteiger partial charge in [-0.3, -0.25) is 4.79 Å². The number of sulfonamides is 1. The van der Waals surface area contributed by atoms with Crippen LogP contribution in [0.2, 0.25) is 5.02 Å². The van der Waals surface area contributed by atoms with E-state index in [0.717, 1.165) is 17.7 Å². The number of anilines is 1. The summed E-state index contributed by atoms with van der Waals surface area (Å²) in [5.41, 5.74) is 2.02. The summed E-state index contributed by atoms with van der Waals surface area (Å²) in [7, 11) is -3.75. The summed E-state index contributed by atoms with van der Waals surface area (Å²) in [6.07, 6.45) is 2.00. The molecule has 1 amide bonds. The van der Waals surface area contributed by atoms with Gasteiger partial charge in [0.15, 0.2) is 0 Å². The van der Waals surface area contributed by atoms with Crippen molar-refractivity contribution in [3.8, 4) is 0 Å². The minimum absolute atomic E-state index is 0.0237. The number of amides is 1. The van der Waals surface area contributed by atoms with Crippen molar-refractivity contribution in [1.82, 2.24) is 4.31 Å². The highest BCUT2D eigenvalue weighted by Gasteiger charge is 2.43. The maximum Gasteiger partial charge on any atom is 0.245 e. The molecule has 0 unspecified atom stereocenters. The van der Waals surface area contributed by atoms with Crippen LogP contribution in [-0.2, 0) is 21.2 Å². The number of benzene rings is 2. The fourth-order valence-corrected chi connectivity index (χ4v) is 5.86. The number of hydrogen-bond acceptors (Lipinski definition) is 3. The summed E-state index contributed by atoms with van der Waals surface area (Å²) in [4.78, 5) is 15.3. The Balaban J connectivity index is 1.65. The SMILES string of the molecule is C[C@@H]1Cc2ccccc2N1C(=O)[C@H]1CCCN1S(=O)(=O)c1ccc(Cl)cc1. The van der Waals surface area contributed by atoms with Crippen LogP contribution in [0.4, 0.5) is 5.69 Å². The number of halogens is 1. The molecule has 1 fully saturated rings. The molecule has 0 saturated carbocycles. The topological polar surface area (TPSA) is 57.7 Å². The third-order valence-electron chi connectivity index (χ3n) is 5.35. The van der Waals surface area contributed by atoms with Crippen LogP contribution in [0.1, 0.15) is 25.3 Å². The Morgan fingerprint density at radius 2 is 1.81 bits per heavy atom. The normalized spacial score (nSPS) is 22.8. The third kappa shape index (κ3) is 3.16. The van der Waals surface area contributed by atoms with Crippen LogP contribution in [0.3, 0.4) is 0 Å². The van der Waals surface area contributed by atoms with Crippen molar-refractivity contribution >= 4 is 33.2 Å². The molecule has 2 atom stereocenters. The zero-order valence-electron chi connectivity index (χ0n) is 15.0. The van der Waals surface area contributed by atoms with Crippen LogP contribution in [0, 0.1) is 0 Å². The Kier molecular flexibility index (Phi) is 4.74. The largest absolute Gasteiger partial charge is 0.308 e. The van der Waals surface area contributed by atoms with E-state index in [1.807, 2.05) is 31.2 Å². The fourth-order valence-electron chi connectivity index (χ4n) is 4.08. The number of fused-ring (bicyclic) bond motifs is 1. The average Bonchev–Trinajstić information content (AvgIpc) is 3.26. The van der Waals surface area contributed by atoms with Crippen LogP contribution in [0.5, 0.6) is 0 Å². The Labute approximate surface area is 164 Å². The molecule has 0 spiro atoms. The highest BCUT2D eigenvalue weighted by Crippen LogP contribution is 2.35. The molecule has 2 aromatic carbocycles. The molecule has 2 aliphatic rings. The average molecular weight is 405 g/mol. The highest BCUT2D eigenvalue weighted by atomic mass is 35.5.